The summed E-state index contributed by atoms with van der Waals surface area (Å²) in [5.41, 5.74) is 3.24. The van der Waals surface area contributed by atoms with Crippen LogP contribution in [0.1, 0.15) is 30.9 Å². The van der Waals surface area contributed by atoms with Crippen LogP contribution in [0.3, 0.4) is 0 Å². The number of aryl methyl sites for hydroxylation is 1. The van der Waals surface area contributed by atoms with Crippen molar-refractivity contribution in [1.82, 2.24) is 4.98 Å². The Bertz CT molecular complexity index is 351. The summed E-state index contributed by atoms with van der Waals surface area (Å²) in [6.07, 6.45) is 4.69. The lowest BCUT2D eigenvalue weighted by Gasteiger charge is -2.16. The van der Waals surface area contributed by atoms with Crippen molar-refractivity contribution in [3.63, 3.8) is 0 Å². The van der Waals surface area contributed by atoms with Gasteiger partial charge in [0.1, 0.15) is 5.82 Å². The highest BCUT2D eigenvalue weighted by atomic mass is 15.1. The third kappa shape index (κ3) is 1.49. The molecule has 0 aliphatic heterocycles. The number of aromatic nitrogens is 1. The average Bonchev–Trinajstić information content (AvgIpc) is 2.84. The fraction of sp³-hybridized carbons (Fsp3) is 0.583. The molecule has 0 spiro atoms. The first-order chi connectivity index (χ1) is 6.53. The molecule has 0 bridgehead atoms. The first kappa shape index (κ1) is 9.50. The van der Waals surface area contributed by atoms with E-state index in [0.717, 1.165) is 5.82 Å². The number of rotatable bonds is 2. The lowest BCUT2D eigenvalue weighted by molar-refractivity contribution is 0.771. The van der Waals surface area contributed by atoms with Gasteiger partial charge in [0.25, 0.3) is 0 Å². The molecule has 1 aromatic rings. The van der Waals surface area contributed by atoms with E-state index in [-0.39, 0.29) is 0 Å². The summed E-state index contributed by atoms with van der Waals surface area (Å²) in [6, 6.07) is 2.18. The molecule has 2 rings (SSSR count). The Morgan fingerprint density at radius 1 is 1.36 bits per heavy atom. The first-order valence-corrected chi connectivity index (χ1v) is 5.17. The maximum Gasteiger partial charge on any atom is 0.128 e. The number of hydrogen-bond donors (Lipinski definition) is 0. The van der Waals surface area contributed by atoms with Crippen LogP contribution < -0.4 is 4.90 Å². The first-order valence-electron chi connectivity index (χ1n) is 5.17. The second kappa shape index (κ2) is 2.97. The summed E-state index contributed by atoms with van der Waals surface area (Å²) in [5.74, 6) is 1.05. The Morgan fingerprint density at radius 3 is 2.43 bits per heavy atom. The lowest BCUT2D eigenvalue weighted by Crippen LogP contribution is -2.12. The van der Waals surface area contributed by atoms with Crippen LogP contribution in [0.4, 0.5) is 5.82 Å². The zero-order chi connectivity index (χ0) is 10.3. The quantitative estimate of drug-likeness (QED) is 0.712. The Balaban J connectivity index is 2.37. The molecular formula is C12H18N2. The van der Waals surface area contributed by atoms with Crippen LogP contribution in [0.15, 0.2) is 12.3 Å². The number of anilines is 1. The molecule has 0 radical (unpaired) electrons. The zero-order valence-electron chi connectivity index (χ0n) is 9.46. The lowest BCUT2D eigenvalue weighted by atomic mass is 9.96. The molecule has 0 aromatic carbocycles. The zero-order valence-corrected chi connectivity index (χ0v) is 9.46. The summed E-state index contributed by atoms with van der Waals surface area (Å²) in [7, 11) is 4.06. The van der Waals surface area contributed by atoms with Crippen LogP contribution in [0, 0.1) is 6.92 Å². The van der Waals surface area contributed by atoms with Gasteiger partial charge in [0.05, 0.1) is 0 Å². The molecule has 1 aliphatic rings. The molecule has 1 saturated carbocycles. The van der Waals surface area contributed by atoms with Gasteiger partial charge in [-0.1, -0.05) is 6.92 Å². The smallest absolute Gasteiger partial charge is 0.128 e. The van der Waals surface area contributed by atoms with Gasteiger partial charge in [0, 0.05) is 20.3 Å². The van der Waals surface area contributed by atoms with E-state index in [4.69, 9.17) is 0 Å². The Morgan fingerprint density at radius 2 is 2.00 bits per heavy atom. The van der Waals surface area contributed by atoms with E-state index < -0.39 is 0 Å². The standard InChI is InChI=1S/C12H18N2/c1-9-7-11(14(3)4)13-8-10(9)12(2)5-6-12/h7-8H,5-6H2,1-4H3. The van der Waals surface area contributed by atoms with Crippen LogP contribution in [0.25, 0.3) is 0 Å². The molecule has 0 saturated heterocycles. The monoisotopic (exact) mass is 190 g/mol. The van der Waals surface area contributed by atoms with Gasteiger partial charge >= 0.3 is 0 Å². The van der Waals surface area contributed by atoms with Crippen LogP contribution >= 0.6 is 0 Å². The van der Waals surface area contributed by atoms with Crippen molar-refractivity contribution in [2.24, 2.45) is 0 Å². The fourth-order valence-electron chi connectivity index (χ4n) is 1.87. The van der Waals surface area contributed by atoms with E-state index >= 15 is 0 Å². The molecule has 1 aliphatic carbocycles. The predicted octanol–water partition coefficient (Wildman–Crippen LogP) is 2.51. The number of pyridine rings is 1. The largest absolute Gasteiger partial charge is 0.363 e. The maximum absolute atomic E-state index is 4.47. The van der Waals surface area contributed by atoms with E-state index in [1.807, 2.05) is 19.0 Å². The second-order valence-corrected chi connectivity index (χ2v) is 4.81. The van der Waals surface area contributed by atoms with Crippen molar-refractivity contribution < 1.29 is 0 Å². The molecule has 2 heteroatoms. The van der Waals surface area contributed by atoms with Gasteiger partial charge in [-0.2, -0.15) is 0 Å². The van der Waals surface area contributed by atoms with Crippen LogP contribution in [-0.2, 0) is 5.41 Å². The molecule has 1 aromatic heterocycles. The molecule has 0 amide bonds. The van der Waals surface area contributed by atoms with Crippen molar-refractivity contribution >= 4 is 5.82 Å². The summed E-state index contributed by atoms with van der Waals surface area (Å²) in [5, 5.41) is 0. The molecule has 0 N–H and O–H groups in total. The average molecular weight is 190 g/mol. The Hall–Kier alpha value is -1.05. The number of hydrogen-bond acceptors (Lipinski definition) is 2. The van der Waals surface area contributed by atoms with E-state index in [2.05, 4.69) is 31.1 Å². The van der Waals surface area contributed by atoms with Gasteiger partial charge in [-0.3, -0.25) is 0 Å². The van der Waals surface area contributed by atoms with E-state index in [9.17, 15) is 0 Å². The highest BCUT2D eigenvalue weighted by molar-refractivity contribution is 5.45. The van der Waals surface area contributed by atoms with Gasteiger partial charge in [-0.15, -0.1) is 0 Å². The van der Waals surface area contributed by atoms with Crippen molar-refractivity contribution in [1.29, 1.82) is 0 Å². The molecule has 1 fully saturated rings. The third-order valence-electron chi connectivity index (χ3n) is 3.20. The minimum absolute atomic E-state index is 0.432. The summed E-state index contributed by atoms with van der Waals surface area (Å²) in [6.45, 7) is 4.51. The van der Waals surface area contributed by atoms with Crippen molar-refractivity contribution in [3.05, 3.63) is 23.4 Å². The molecule has 0 atom stereocenters. The predicted molar refractivity (Wildman–Crippen MR) is 59.9 cm³/mol. The van der Waals surface area contributed by atoms with Gasteiger partial charge in [0.2, 0.25) is 0 Å². The van der Waals surface area contributed by atoms with Crippen molar-refractivity contribution in [3.8, 4) is 0 Å². The van der Waals surface area contributed by atoms with Gasteiger partial charge in [0.15, 0.2) is 0 Å². The normalized spacial score (nSPS) is 18.0. The SMILES string of the molecule is Cc1cc(N(C)C)ncc1C1(C)CC1. The highest BCUT2D eigenvalue weighted by Gasteiger charge is 2.40. The van der Waals surface area contributed by atoms with Crippen LogP contribution in [0.5, 0.6) is 0 Å². The van der Waals surface area contributed by atoms with E-state index in [1.54, 1.807) is 0 Å². The molecule has 76 valence electrons. The summed E-state index contributed by atoms with van der Waals surface area (Å²) < 4.78 is 0. The number of nitrogens with zero attached hydrogens (tertiary/aromatic N) is 2. The fourth-order valence-corrected chi connectivity index (χ4v) is 1.87. The molecule has 0 unspecified atom stereocenters. The van der Waals surface area contributed by atoms with Crippen LogP contribution in [-0.4, -0.2) is 19.1 Å². The summed E-state index contributed by atoms with van der Waals surface area (Å²) in [4.78, 5) is 6.52. The van der Waals surface area contributed by atoms with Crippen LogP contribution in [0.2, 0.25) is 0 Å². The molecule has 2 nitrogen and oxygen atoms in total. The minimum Gasteiger partial charge on any atom is -0.363 e. The van der Waals surface area contributed by atoms with E-state index in [1.165, 1.54) is 24.0 Å². The molecule has 1 heterocycles. The topological polar surface area (TPSA) is 16.1 Å². The Labute approximate surface area is 86.0 Å². The molecular weight excluding hydrogens is 172 g/mol. The van der Waals surface area contributed by atoms with E-state index in [0.29, 0.717) is 5.41 Å². The third-order valence-corrected chi connectivity index (χ3v) is 3.20. The van der Waals surface area contributed by atoms with Gasteiger partial charge in [-0.05, 0) is 42.4 Å². The van der Waals surface area contributed by atoms with Gasteiger partial charge < -0.3 is 4.90 Å². The maximum atomic E-state index is 4.47. The van der Waals surface area contributed by atoms with Crippen molar-refractivity contribution in [2.75, 3.05) is 19.0 Å². The highest BCUT2D eigenvalue weighted by Crippen LogP contribution is 2.48. The van der Waals surface area contributed by atoms with Crippen molar-refractivity contribution in [2.45, 2.75) is 32.1 Å². The van der Waals surface area contributed by atoms with Gasteiger partial charge in [-0.25, -0.2) is 4.98 Å². The second-order valence-electron chi connectivity index (χ2n) is 4.81. The Kier molecular flexibility index (Phi) is 2.02. The molecule has 14 heavy (non-hydrogen) atoms. The minimum atomic E-state index is 0.432. The summed E-state index contributed by atoms with van der Waals surface area (Å²) >= 11 is 0.